The number of nitrogens with zero attached hydrogens (tertiary/aromatic N) is 5. The van der Waals surface area contributed by atoms with Gasteiger partial charge in [0.15, 0.2) is 0 Å². The minimum atomic E-state index is -0.0455. The molecule has 152 valence electrons. The lowest BCUT2D eigenvalue weighted by molar-refractivity contribution is -0.133. The Bertz CT molecular complexity index is 899. The van der Waals surface area contributed by atoms with Gasteiger partial charge in [-0.25, -0.2) is 9.97 Å². The van der Waals surface area contributed by atoms with Gasteiger partial charge in [0.1, 0.15) is 0 Å². The average molecular weight is 412 g/mol. The Morgan fingerprint density at radius 2 is 1.90 bits per heavy atom. The molecule has 1 amide bonds. The van der Waals surface area contributed by atoms with Crippen LogP contribution in [0, 0.1) is 11.8 Å². The second-order valence-electron chi connectivity index (χ2n) is 8.57. The third-order valence-electron chi connectivity index (χ3n) is 7.18. The lowest BCUT2D eigenvalue weighted by Crippen LogP contribution is -2.55. The van der Waals surface area contributed by atoms with Crippen molar-refractivity contribution >= 4 is 23.5 Å². The zero-order chi connectivity index (χ0) is 20.0. The summed E-state index contributed by atoms with van der Waals surface area (Å²) in [6.45, 7) is 4.49. The van der Waals surface area contributed by atoms with Gasteiger partial charge in [-0.1, -0.05) is 23.7 Å². The molecule has 29 heavy (non-hydrogen) atoms. The summed E-state index contributed by atoms with van der Waals surface area (Å²) in [5.41, 5.74) is 1.20. The van der Waals surface area contributed by atoms with Crippen LogP contribution in [0.5, 0.6) is 0 Å². The van der Waals surface area contributed by atoms with Crippen LogP contribution in [0.4, 0.5) is 5.95 Å². The van der Waals surface area contributed by atoms with E-state index in [2.05, 4.69) is 30.7 Å². The Kier molecular flexibility index (Phi) is 4.71. The van der Waals surface area contributed by atoms with Gasteiger partial charge in [-0.3, -0.25) is 9.69 Å². The van der Waals surface area contributed by atoms with E-state index >= 15 is 0 Å². The molecule has 1 aromatic carbocycles. The first-order valence-electron chi connectivity index (χ1n) is 10.3. The van der Waals surface area contributed by atoms with Crippen LogP contribution in [0.25, 0.3) is 0 Å². The van der Waals surface area contributed by atoms with Crippen LogP contribution < -0.4 is 4.90 Å². The highest BCUT2D eigenvalue weighted by molar-refractivity contribution is 6.30. The topological polar surface area (TPSA) is 52.6 Å². The second kappa shape index (κ2) is 7.26. The van der Waals surface area contributed by atoms with E-state index in [4.69, 9.17) is 11.6 Å². The maximum Gasteiger partial charge on any atom is 0.228 e. The number of hydrogen-bond donors (Lipinski definition) is 0. The lowest BCUT2D eigenvalue weighted by atomic mass is 9.75. The molecule has 2 atom stereocenters. The number of anilines is 1. The molecular formula is C22H26ClN5O. The first kappa shape index (κ1) is 18.8. The number of carbonyl (C=O) groups excluding carboxylic acids is 1. The Balaban J connectivity index is 1.31. The number of benzene rings is 1. The molecule has 0 N–H and O–H groups in total. The van der Waals surface area contributed by atoms with Gasteiger partial charge >= 0.3 is 0 Å². The summed E-state index contributed by atoms with van der Waals surface area (Å²) >= 11 is 6.14. The van der Waals surface area contributed by atoms with Crippen molar-refractivity contribution in [2.45, 2.75) is 24.9 Å². The van der Waals surface area contributed by atoms with Gasteiger partial charge in [0, 0.05) is 63.1 Å². The summed E-state index contributed by atoms with van der Waals surface area (Å²) in [6, 6.07) is 9.93. The molecule has 0 unspecified atom stereocenters. The minimum Gasteiger partial charge on any atom is -0.340 e. The van der Waals surface area contributed by atoms with Gasteiger partial charge in [0.2, 0.25) is 11.9 Å². The summed E-state index contributed by atoms with van der Waals surface area (Å²) < 4.78 is 0. The van der Waals surface area contributed by atoms with Crippen LogP contribution in [0.1, 0.15) is 18.4 Å². The molecule has 1 spiro atoms. The highest BCUT2D eigenvalue weighted by Gasteiger charge is 2.60. The predicted molar refractivity (Wildman–Crippen MR) is 113 cm³/mol. The molecule has 3 fully saturated rings. The van der Waals surface area contributed by atoms with Crippen LogP contribution in [0.3, 0.4) is 0 Å². The number of amides is 1. The predicted octanol–water partition coefficient (Wildman–Crippen LogP) is 2.69. The van der Waals surface area contributed by atoms with Crippen molar-refractivity contribution in [3.8, 4) is 0 Å². The molecule has 7 heteroatoms. The van der Waals surface area contributed by atoms with Crippen molar-refractivity contribution in [2.75, 3.05) is 38.1 Å². The third-order valence-corrected chi connectivity index (χ3v) is 7.41. The van der Waals surface area contributed by atoms with Crippen molar-refractivity contribution in [1.29, 1.82) is 0 Å². The summed E-state index contributed by atoms with van der Waals surface area (Å²) in [5, 5.41) is 0.786. The highest BCUT2D eigenvalue weighted by Crippen LogP contribution is 2.49. The molecular weight excluding hydrogens is 386 g/mol. The number of rotatable bonds is 3. The fraction of sp³-hybridized carbons (Fsp3) is 0.500. The molecule has 0 radical (unpaired) electrons. The highest BCUT2D eigenvalue weighted by atomic mass is 35.5. The normalized spacial score (nSPS) is 26.3. The van der Waals surface area contributed by atoms with Crippen LogP contribution in [0.15, 0.2) is 42.7 Å². The van der Waals surface area contributed by atoms with E-state index in [1.54, 1.807) is 12.4 Å². The van der Waals surface area contributed by atoms with Gasteiger partial charge in [-0.15, -0.1) is 0 Å². The molecule has 5 rings (SSSR count). The van der Waals surface area contributed by atoms with Crippen molar-refractivity contribution < 1.29 is 4.79 Å². The van der Waals surface area contributed by atoms with Crippen molar-refractivity contribution in [1.82, 2.24) is 19.8 Å². The molecule has 0 bridgehead atoms. The van der Waals surface area contributed by atoms with Gasteiger partial charge in [-0.2, -0.15) is 0 Å². The fourth-order valence-corrected chi connectivity index (χ4v) is 5.84. The number of hydrogen-bond acceptors (Lipinski definition) is 5. The molecule has 4 heterocycles. The van der Waals surface area contributed by atoms with Crippen molar-refractivity contribution in [3.63, 3.8) is 0 Å². The van der Waals surface area contributed by atoms with Crippen LogP contribution in [-0.4, -0.2) is 64.4 Å². The molecule has 0 aliphatic carbocycles. The molecule has 3 saturated heterocycles. The van der Waals surface area contributed by atoms with Gasteiger partial charge in [0.25, 0.3) is 0 Å². The van der Waals surface area contributed by atoms with E-state index in [9.17, 15) is 4.79 Å². The van der Waals surface area contributed by atoms with Gasteiger partial charge in [0.05, 0.1) is 11.5 Å². The number of fused-ring (bicyclic) bond motifs is 2. The Hall–Kier alpha value is -2.18. The molecule has 3 aliphatic rings. The van der Waals surface area contributed by atoms with Crippen molar-refractivity contribution in [2.24, 2.45) is 11.8 Å². The lowest BCUT2D eigenvalue weighted by Gasteiger charge is -2.46. The Labute approximate surface area is 176 Å². The van der Waals surface area contributed by atoms with Gasteiger partial charge < -0.3 is 9.80 Å². The minimum absolute atomic E-state index is 0.0455. The smallest absolute Gasteiger partial charge is 0.228 e. The van der Waals surface area contributed by atoms with Crippen molar-refractivity contribution in [3.05, 3.63) is 53.3 Å². The maximum absolute atomic E-state index is 13.1. The summed E-state index contributed by atoms with van der Waals surface area (Å²) in [6.07, 6.45) is 5.57. The first-order chi connectivity index (χ1) is 14.1. The quantitative estimate of drug-likeness (QED) is 0.777. The Morgan fingerprint density at radius 3 is 2.62 bits per heavy atom. The zero-order valence-corrected chi connectivity index (χ0v) is 17.4. The zero-order valence-electron chi connectivity index (χ0n) is 16.7. The SMILES string of the molecule is CN1C(=O)[C@H]2CN(c3ncccn3)C[C@H]2C12CCN(Cc1cccc(Cl)c1)CC2. The van der Waals surface area contributed by atoms with Crippen LogP contribution >= 0.6 is 11.6 Å². The van der Waals surface area contributed by atoms with Crippen LogP contribution in [-0.2, 0) is 11.3 Å². The molecule has 1 aromatic heterocycles. The summed E-state index contributed by atoms with van der Waals surface area (Å²) in [5.74, 6) is 1.43. The van der Waals surface area contributed by atoms with Crippen LogP contribution in [0.2, 0.25) is 5.02 Å². The maximum atomic E-state index is 13.1. The third kappa shape index (κ3) is 3.19. The largest absolute Gasteiger partial charge is 0.340 e. The molecule has 0 saturated carbocycles. The van der Waals surface area contributed by atoms with E-state index in [1.807, 2.05) is 31.3 Å². The average Bonchev–Trinajstić information content (AvgIpc) is 3.26. The Morgan fingerprint density at radius 1 is 1.14 bits per heavy atom. The van der Waals surface area contributed by atoms with E-state index in [0.29, 0.717) is 5.92 Å². The second-order valence-corrected chi connectivity index (χ2v) is 9.01. The molecule has 6 nitrogen and oxygen atoms in total. The standard InChI is InChI=1S/C22H26ClN5O/c1-26-20(29)18-14-28(21-24-8-3-9-25-21)15-19(18)22(26)6-10-27(11-7-22)13-16-4-2-5-17(23)12-16/h2-5,8-9,12,18-19H,6-7,10-11,13-15H2,1H3/t18-,19+/m0/s1. The number of carbonyl (C=O) groups is 1. The summed E-state index contributed by atoms with van der Waals surface area (Å²) in [4.78, 5) is 28.6. The van der Waals surface area contributed by atoms with Gasteiger partial charge in [-0.05, 0) is 36.6 Å². The fourth-order valence-electron chi connectivity index (χ4n) is 5.63. The van der Waals surface area contributed by atoms with E-state index < -0.39 is 0 Å². The monoisotopic (exact) mass is 411 g/mol. The first-order valence-corrected chi connectivity index (χ1v) is 10.7. The number of aromatic nitrogens is 2. The number of piperidine rings is 1. The van der Waals surface area contributed by atoms with E-state index in [1.165, 1.54) is 5.56 Å². The summed E-state index contributed by atoms with van der Waals surface area (Å²) in [7, 11) is 2.01. The van der Waals surface area contributed by atoms with E-state index in [-0.39, 0.29) is 17.4 Å². The number of likely N-dealkylation sites (tertiary alicyclic amines) is 2. The van der Waals surface area contributed by atoms with E-state index in [0.717, 1.165) is 56.5 Å². The number of halogens is 1. The molecule has 2 aromatic rings. The molecule has 3 aliphatic heterocycles.